The zero-order valence-corrected chi connectivity index (χ0v) is 15.1. The van der Waals surface area contributed by atoms with Gasteiger partial charge in [-0.15, -0.1) is 0 Å². The minimum atomic E-state index is -1.16. The van der Waals surface area contributed by atoms with Gasteiger partial charge in [0.05, 0.1) is 5.69 Å². The van der Waals surface area contributed by atoms with E-state index in [4.69, 9.17) is 4.98 Å². The fourth-order valence-electron chi connectivity index (χ4n) is 4.11. The quantitative estimate of drug-likeness (QED) is 0.664. The number of nitrogens with zero attached hydrogens (tertiary/aromatic N) is 3. The lowest BCUT2D eigenvalue weighted by Gasteiger charge is -2.22. The minimum Gasteiger partial charge on any atom is -0.308 e. The Morgan fingerprint density at radius 3 is 2.71 bits per heavy atom. The third kappa shape index (κ3) is 2.75. The molecule has 3 heterocycles. The molecule has 5 rings (SSSR count). The van der Waals surface area contributed by atoms with E-state index in [0.717, 1.165) is 34.5 Å². The van der Waals surface area contributed by atoms with Gasteiger partial charge in [0.15, 0.2) is 11.6 Å². The first kappa shape index (κ1) is 17.2. The van der Waals surface area contributed by atoms with E-state index in [2.05, 4.69) is 15.8 Å². The van der Waals surface area contributed by atoms with Crippen molar-refractivity contribution in [3.63, 3.8) is 0 Å². The van der Waals surface area contributed by atoms with E-state index in [1.807, 2.05) is 29.7 Å². The van der Waals surface area contributed by atoms with Crippen LogP contribution in [0.15, 0.2) is 35.5 Å². The SMILES string of the molecule is CC1=NC(c2ccn3c4c(nc3c2)CC(c2cc(F)c(F)cc2F)CC4)NN1. The summed E-state index contributed by atoms with van der Waals surface area (Å²) in [6.07, 6.45) is 3.65. The monoisotopic (exact) mass is 385 g/mol. The van der Waals surface area contributed by atoms with Crippen LogP contribution in [-0.2, 0) is 12.8 Å². The molecule has 5 nitrogen and oxygen atoms in total. The summed E-state index contributed by atoms with van der Waals surface area (Å²) in [4.78, 5) is 9.20. The molecule has 1 aromatic carbocycles. The van der Waals surface area contributed by atoms with E-state index in [-0.39, 0.29) is 17.6 Å². The number of amidine groups is 1. The number of aliphatic imine (C=N–C) groups is 1. The number of hydrazine groups is 1. The summed E-state index contributed by atoms with van der Waals surface area (Å²) in [7, 11) is 0. The zero-order chi connectivity index (χ0) is 19.4. The number of hydrogen-bond donors (Lipinski definition) is 2. The first-order valence-electron chi connectivity index (χ1n) is 9.20. The normalized spacial score (nSPS) is 21.5. The smallest absolute Gasteiger partial charge is 0.161 e. The maximum absolute atomic E-state index is 14.2. The van der Waals surface area contributed by atoms with Crippen LogP contribution in [0.2, 0.25) is 0 Å². The molecule has 0 radical (unpaired) electrons. The molecule has 2 aliphatic rings. The summed E-state index contributed by atoms with van der Waals surface area (Å²) >= 11 is 0. The van der Waals surface area contributed by atoms with Crippen molar-refractivity contribution in [2.45, 2.75) is 38.3 Å². The van der Waals surface area contributed by atoms with Crippen molar-refractivity contribution in [2.24, 2.45) is 4.99 Å². The Morgan fingerprint density at radius 1 is 1.11 bits per heavy atom. The number of halogens is 3. The van der Waals surface area contributed by atoms with Crippen LogP contribution in [-0.4, -0.2) is 15.2 Å². The lowest BCUT2D eigenvalue weighted by Crippen LogP contribution is -2.29. The molecular formula is C20H18F3N5. The predicted molar refractivity (Wildman–Crippen MR) is 98.4 cm³/mol. The van der Waals surface area contributed by atoms with Gasteiger partial charge in [0.25, 0.3) is 0 Å². The van der Waals surface area contributed by atoms with Crippen molar-refractivity contribution in [3.05, 3.63) is 70.4 Å². The predicted octanol–water partition coefficient (Wildman–Crippen LogP) is 3.55. The van der Waals surface area contributed by atoms with E-state index in [9.17, 15) is 13.2 Å². The zero-order valence-electron chi connectivity index (χ0n) is 15.1. The molecule has 3 aromatic rings. The Hall–Kier alpha value is -2.87. The van der Waals surface area contributed by atoms with E-state index in [1.165, 1.54) is 0 Å². The molecule has 1 aliphatic carbocycles. The van der Waals surface area contributed by atoms with Crippen molar-refractivity contribution in [1.82, 2.24) is 20.2 Å². The molecule has 0 spiro atoms. The second kappa shape index (κ2) is 6.34. The van der Waals surface area contributed by atoms with Crippen LogP contribution in [0.5, 0.6) is 0 Å². The topological polar surface area (TPSA) is 53.7 Å². The number of hydrogen-bond acceptors (Lipinski definition) is 4. The van der Waals surface area contributed by atoms with Crippen LogP contribution in [0.4, 0.5) is 13.2 Å². The van der Waals surface area contributed by atoms with Gasteiger partial charge in [-0.05, 0) is 61.4 Å². The molecule has 1 aliphatic heterocycles. The van der Waals surface area contributed by atoms with E-state index >= 15 is 0 Å². The number of pyridine rings is 1. The number of rotatable bonds is 2. The molecule has 0 saturated heterocycles. The lowest BCUT2D eigenvalue weighted by atomic mass is 9.84. The molecule has 0 saturated carbocycles. The highest BCUT2D eigenvalue weighted by Gasteiger charge is 2.27. The molecule has 2 atom stereocenters. The summed E-state index contributed by atoms with van der Waals surface area (Å²) in [6.45, 7) is 1.89. The number of aryl methyl sites for hydroxylation is 1. The maximum Gasteiger partial charge on any atom is 0.161 e. The molecular weight excluding hydrogens is 367 g/mol. The molecule has 0 fully saturated rings. The Bertz CT molecular complexity index is 1120. The molecule has 8 heteroatoms. The summed E-state index contributed by atoms with van der Waals surface area (Å²) in [5, 5.41) is 0. The number of imidazole rings is 1. The van der Waals surface area contributed by atoms with E-state index in [0.29, 0.717) is 25.3 Å². The first-order valence-corrected chi connectivity index (χ1v) is 9.20. The van der Waals surface area contributed by atoms with Gasteiger partial charge in [0.2, 0.25) is 0 Å². The molecule has 0 bridgehead atoms. The molecule has 2 N–H and O–H groups in total. The first-order chi connectivity index (χ1) is 13.5. The average molecular weight is 385 g/mol. The number of benzene rings is 1. The molecule has 2 aromatic heterocycles. The van der Waals surface area contributed by atoms with Gasteiger partial charge in [0.1, 0.15) is 23.5 Å². The van der Waals surface area contributed by atoms with Gasteiger partial charge >= 0.3 is 0 Å². The highest BCUT2D eigenvalue weighted by atomic mass is 19.2. The number of aromatic nitrogens is 2. The van der Waals surface area contributed by atoms with Gasteiger partial charge < -0.3 is 9.83 Å². The maximum atomic E-state index is 14.2. The molecule has 0 amide bonds. The fourth-order valence-corrected chi connectivity index (χ4v) is 4.11. The second-order valence-corrected chi connectivity index (χ2v) is 7.31. The lowest BCUT2D eigenvalue weighted by molar-refractivity contribution is 0.473. The van der Waals surface area contributed by atoms with Crippen molar-refractivity contribution in [3.8, 4) is 0 Å². The van der Waals surface area contributed by atoms with Crippen LogP contribution in [0.25, 0.3) is 5.65 Å². The van der Waals surface area contributed by atoms with Gasteiger partial charge in [-0.25, -0.2) is 28.6 Å². The molecule has 144 valence electrons. The minimum absolute atomic E-state index is 0.164. The summed E-state index contributed by atoms with van der Waals surface area (Å²) in [5.41, 5.74) is 10.0. The number of fused-ring (bicyclic) bond motifs is 3. The average Bonchev–Trinajstić information content (AvgIpc) is 3.26. The van der Waals surface area contributed by atoms with Crippen molar-refractivity contribution >= 4 is 11.5 Å². The van der Waals surface area contributed by atoms with Crippen molar-refractivity contribution < 1.29 is 13.2 Å². The van der Waals surface area contributed by atoms with Crippen LogP contribution in [0.1, 0.15) is 47.9 Å². The Labute approximate surface area is 159 Å². The highest BCUT2D eigenvalue weighted by Crippen LogP contribution is 2.35. The summed E-state index contributed by atoms with van der Waals surface area (Å²) in [5.74, 6) is -2.28. The standard InChI is InChI=1S/C20H18F3N5/c1-10-24-20(27-26-10)12-4-5-28-18-3-2-11(6-17(18)25-19(28)7-12)13-8-15(22)16(23)9-14(13)21/h4-5,7-9,11,20,27H,2-3,6H2,1H3,(H,24,26). The van der Waals surface area contributed by atoms with Gasteiger partial charge in [-0.2, -0.15) is 0 Å². The fraction of sp³-hybridized carbons (Fsp3) is 0.300. The summed E-state index contributed by atoms with van der Waals surface area (Å²) < 4.78 is 43.1. The van der Waals surface area contributed by atoms with Crippen molar-refractivity contribution in [2.75, 3.05) is 0 Å². The molecule has 28 heavy (non-hydrogen) atoms. The third-order valence-corrected chi connectivity index (χ3v) is 5.51. The van der Waals surface area contributed by atoms with Gasteiger partial charge in [-0.1, -0.05) is 0 Å². The highest BCUT2D eigenvalue weighted by molar-refractivity contribution is 5.80. The van der Waals surface area contributed by atoms with Gasteiger partial charge in [0, 0.05) is 18.0 Å². The van der Waals surface area contributed by atoms with Crippen LogP contribution in [0.3, 0.4) is 0 Å². The van der Waals surface area contributed by atoms with E-state index in [1.54, 1.807) is 0 Å². The Kier molecular flexibility index (Phi) is 3.90. The Morgan fingerprint density at radius 2 is 1.93 bits per heavy atom. The molecule has 2 unspecified atom stereocenters. The van der Waals surface area contributed by atoms with Gasteiger partial charge in [-0.3, -0.25) is 0 Å². The van der Waals surface area contributed by atoms with E-state index < -0.39 is 17.5 Å². The largest absolute Gasteiger partial charge is 0.308 e. The van der Waals surface area contributed by atoms with Crippen LogP contribution >= 0.6 is 0 Å². The number of nitrogens with one attached hydrogen (secondary N) is 2. The Balaban J connectivity index is 1.48. The summed E-state index contributed by atoms with van der Waals surface area (Å²) in [6, 6.07) is 5.58. The van der Waals surface area contributed by atoms with Crippen molar-refractivity contribution in [1.29, 1.82) is 0 Å². The second-order valence-electron chi connectivity index (χ2n) is 7.31. The third-order valence-electron chi connectivity index (χ3n) is 5.51. The van der Waals surface area contributed by atoms with Crippen LogP contribution < -0.4 is 10.9 Å². The van der Waals surface area contributed by atoms with Crippen LogP contribution in [0, 0.1) is 17.5 Å².